The van der Waals surface area contributed by atoms with Crippen LogP contribution in [0.1, 0.15) is 17.1 Å². The molecule has 0 aliphatic rings. The SMILES string of the molecule is Cc1nccc(CNCCc2ccsc2)n1. The van der Waals surface area contributed by atoms with E-state index in [-0.39, 0.29) is 0 Å². The number of nitrogens with zero attached hydrogens (tertiary/aromatic N) is 2. The minimum atomic E-state index is 0.813. The Hall–Kier alpha value is -1.26. The summed E-state index contributed by atoms with van der Waals surface area (Å²) in [7, 11) is 0. The van der Waals surface area contributed by atoms with Gasteiger partial charge in [0, 0.05) is 12.7 Å². The molecule has 0 unspecified atom stereocenters. The molecule has 4 heteroatoms. The summed E-state index contributed by atoms with van der Waals surface area (Å²) < 4.78 is 0. The molecule has 0 aliphatic heterocycles. The Bertz CT molecular complexity index is 426. The lowest BCUT2D eigenvalue weighted by molar-refractivity contribution is 0.671. The quantitative estimate of drug-likeness (QED) is 0.804. The molecule has 1 N–H and O–H groups in total. The number of rotatable bonds is 5. The molecule has 2 heterocycles. The van der Waals surface area contributed by atoms with Gasteiger partial charge in [0.25, 0.3) is 0 Å². The van der Waals surface area contributed by atoms with Gasteiger partial charge in [-0.3, -0.25) is 0 Å². The fourth-order valence-corrected chi connectivity index (χ4v) is 2.19. The van der Waals surface area contributed by atoms with Crippen LogP contribution in [0.25, 0.3) is 0 Å². The minimum absolute atomic E-state index is 0.813. The van der Waals surface area contributed by atoms with Gasteiger partial charge in [0.1, 0.15) is 5.82 Å². The molecule has 0 amide bonds. The average molecular weight is 233 g/mol. The fourth-order valence-electron chi connectivity index (χ4n) is 1.49. The van der Waals surface area contributed by atoms with Gasteiger partial charge in [-0.1, -0.05) is 0 Å². The van der Waals surface area contributed by atoms with E-state index in [1.807, 2.05) is 13.0 Å². The molecule has 0 saturated carbocycles. The first-order chi connectivity index (χ1) is 7.84. The van der Waals surface area contributed by atoms with Gasteiger partial charge < -0.3 is 5.32 Å². The number of hydrogen-bond acceptors (Lipinski definition) is 4. The van der Waals surface area contributed by atoms with E-state index in [1.54, 1.807) is 17.5 Å². The van der Waals surface area contributed by atoms with Crippen LogP contribution in [0, 0.1) is 6.92 Å². The molecular formula is C12H15N3S. The Kier molecular flexibility index (Phi) is 4.02. The van der Waals surface area contributed by atoms with Gasteiger partial charge in [0.15, 0.2) is 0 Å². The summed E-state index contributed by atoms with van der Waals surface area (Å²) in [5.41, 5.74) is 2.45. The van der Waals surface area contributed by atoms with Gasteiger partial charge in [-0.2, -0.15) is 11.3 Å². The maximum atomic E-state index is 4.34. The highest BCUT2D eigenvalue weighted by Crippen LogP contribution is 2.05. The summed E-state index contributed by atoms with van der Waals surface area (Å²) in [4.78, 5) is 8.41. The largest absolute Gasteiger partial charge is 0.311 e. The Morgan fingerprint density at radius 1 is 1.38 bits per heavy atom. The Balaban J connectivity index is 1.72. The van der Waals surface area contributed by atoms with Crippen LogP contribution in [0.3, 0.4) is 0 Å². The van der Waals surface area contributed by atoms with Crippen LogP contribution in [0.4, 0.5) is 0 Å². The Labute approximate surface area is 99.6 Å². The second-order valence-corrected chi connectivity index (χ2v) is 4.43. The summed E-state index contributed by atoms with van der Waals surface area (Å²) in [6.45, 7) is 3.71. The third kappa shape index (κ3) is 3.40. The van der Waals surface area contributed by atoms with Crippen molar-refractivity contribution in [2.75, 3.05) is 6.54 Å². The predicted molar refractivity (Wildman–Crippen MR) is 66.5 cm³/mol. The second-order valence-electron chi connectivity index (χ2n) is 3.65. The van der Waals surface area contributed by atoms with Gasteiger partial charge in [0.2, 0.25) is 0 Å². The molecule has 0 radical (unpaired) electrons. The van der Waals surface area contributed by atoms with Crippen LogP contribution in [-0.2, 0) is 13.0 Å². The smallest absolute Gasteiger partial charge is 0.125 e. The summed E-state index contributed by atoms with van der Waals surface area (Å²) in [5.74, 6) is 0.831. The molecule has 0 bridgehead atoms. The van der Waals surface area contributed by atoms with Crippen molar-refractivity contribution in [3.05, 3.63) is 46.2 Å². The zero-order valence-electron chi connectivity index (χ0n) is 9.31. The highest BCUT2D eigenvalue weighted by Gasteiger charge is 1.96. The molecule has 2 aromatic rings. The van der Waals surface area contributed by atoms with Gasteiger partial charge in [-0.25, -0.2) is 9.97 Å². The van der Waals surface area contributed by atoms with Crippen LogP contribution in [-0.4, -0.2) is 16.5 Å². The Morgan fingerprint density at radius 3 is 3.06 bits per heavy atom. The molecule has 0 aromatic carbocycles. The van der Waals surface area contributed by atoms with Crippen molar-refractivity contribution >= 4 is 11.3 Å². The fraction of sp³-hybridized carbons (Fsp3) is 0.333. The molecule has 84 valence electrons. The standard InChI is InChI=1S/C12H15N3S/c1-10-14-6-3-12(15-10)8-13-5-2-11-4-7-16-9-11/h3-4,6-7,9,13H,2,5,8H2,1H3. The van der Waals surface area contributed by atoms with Gasteiger partial charge >= 0.3 is 0 Å². The summed E-state index contributed by atoms with van der Waals surface area (Å²) in [6, 6.07) is 4.12. The van der Waals surface area contributed by atoms with Gasteiger partial charge in [0.05, 0.1) is 5.69 Å². The first-order valence-electron chi connectivity index (χ1n) is 5.35. The van der Waals surface area contributed by atoms with Gasteiger partial charge in [-0.15, -0.1) is 0 Å². The number of aryl methyl sites for hydroxylation is 1. The third-order valence-corrected chi connectivity index (χ3v) is 3.04. The lowest BCUT2D eigenvalue weighted by Gasteiger charge is -2.03. The van der Waals surface area contributed by atoms with Crippen molar-refractivity contribution < 1.29 is 0 Å². The maximum Gasteiger partial charge on any atom is 0.125 e. The molecule has 0 saturated heterocycles. The molecule has 0 aliphatic carbocycles. The van der Waals surface area contributed by atoms with Crippen molar-refractivity contribution in [2.45, 2.75) is 19.9 Å². The molecular weight excluding hydrogens is 218 g/mol. The lowest BCUT2D eigenvalue weighted by atomic mass is 10.2. The normalized spacial score (nSPS) is 10.6. The van der Waals surface area contributed by atoms with E-state index in [1.165, 1.54) is 5.56 Å². The van der Waals surface area contributed by atoms with Crippen molar-refractivity contribution in [2.24, 2.45) is 0 Å². The molecule has 2 rings (SSSR count). The predicted octanol–water partition coefficient (Wildman–Crippen LogP) is 2.18. The van der Waals surface area contributed by atoms with E-state index < -0.39 is 0 Å². The highest BCUT2D eigenvalue weighted by atomic mass is 32.1. The number of nitrogens with one attached hydrogen (secondary N) is 1. The van der Waals surface area contributed by atoms with Crippen LogP contribution in [0.15, 0.2) is 29.1 Å². The highest BCUT2D eigenvalue weighted by molar-refractivity contribution is 7.07. The van der Waals surface area contributed by atoms with E-state index in [9.17, 15) is 0 Å². The molecule has 0 atom stereocenters. The number of hydrogen-bond donors (Lipinski definition) is 1. The molecule has 0 spiro atoms. The average Bonchev–Trinajstić information content (AvgIpc) is 2.77. The number of thiophene rings is 1. The second kappa shape index (κ2) is 5.72. The first kappa shape index (κ1) is 11.2. The van der Waals surface area contributed by atoms with Crippen molar-refractivity contribution in [3.63, 3.8) is 0 Å². The van der Waals surface area contributed by atoms with Crippen LogP contribution < -0.4 is 5.32 Å². The summed E-state index contributed by atoms with van der Waals surface area (Å²) in [6.07, 6.45) is 2.88. The Morgan fingerprint density at radius 2 is 2.31 bits per heavy atom. The summed E-state index contributed by atoms with van der Waals surface area (Å²) >= 11 is 1.75. The van der Waals surface area contributed by atoms with Crippen LogP contribution in [0.5, 0.6) is 0 Å². The van der Waals surface area contributed by atoms with Crippen molar-refractivity contribution in [1.29, 1.82) is 0 Å². The monoisotopic (exact) mass is 233 g/mol. The topological polar surface area (TPSA) is 37.8 Å². The minimum Gasteiger partial charge on any atom is -0.311 e. The molecule has 0 fully saturated rings. The maximum absolute atomic E-state index is 4.34. The van der Waals surface area contributed by atoms with E-state index in [2.05, 4.69) is 32.1 Å². The van der Waals surface area contributed by atoms with Crippen molar-refractivity contribution in [3.8, 4) is 0 Å². The summed E-state index contributed by atoms with van der Waals surface area (Å²) in [5, 5.41) is 7.69. The van der Waals surface area contributed by atoms with Crippen LogP contribution >= 0.6 is 11.3 Å². The van der Waals surface area contributed by atoms with E-state index in [0.717, 1.165) is 31.0 Å². The molecule has 16 heavy (non-hydrogen) atoms. The van der Waals surface area contributed by atoms with Crippen LogP contribution in [0.2, 0.25) is 0 Å². The first-order valence-corrected chi connectivity index (χ1v) is 6.29. The van der Waals surface area contributed by atoms with Crippen molar-refractivity contribution in [1.82, 2.24) is 15.3 Å². The molecule has 3 nitrogen and oxygen atoms in total. The zero-order valence-corrected chi connectivity index (χ0v) is 10.1. The van der Waals surface area contributed by atoms with E-state index in [4.69, 9.17) is 0 Å². The van der Waals surface area contributed by atoms with E-state index >= 15 is 0 Å². The third-order valence-electron chi connectivity index (χ3n) is 2.31. The lowest BCUT2D eigenvalue weighted by Crippen LogP contribution is -2.17. The van der Waals surface area contributed by atoms with E-state index in [0.29, 0.717) is 0 Å². The number of aromatic nitrogens is 2. The van der Waals surface area contributed by atoms with Gasteiger partial charge in [-0.05, 0) is 48.3 Å². The molecule has 2 aromatic heterocycles. The zero-order chi connectivity index (χ0) is 11.2.